The van der Waals surface area contributed by atoms with Crippen LogP contribution in [-0.4, -0.2) is 24.6 Å². The van der Waals surface area contributed by atoms with E-state index in [1.807, 2.05) is 38.1 Å². The van der Waals surface area contributed by atoms with Crippen molar-refractivity contribution in [2.75, 3.05) is 0 Å². The quantitative estimate of drug-likeness (QED) is 0.400. The first-order chi connectivity index (χ1) is 16.2. The van der Waals surface area contributed by atoms with Crippen molar-refractivity contribution in [2.24, 2.45) is 11.8 Å². The minimum atomic E-state index is -2.50. The monoisotopic (exact) mass is 482 g/mol. The van der Waals surface area contributed by atoms with Crippen LogP contribution in [0.15, 0.2) is 59.1 Å². The highest BCUT2D eigenvalue weighted by Crippen LogP contribution is 2.43. The summed E-state index contributed by atoms with van der Waals surface area (Å²) in [6, 6.07) is 15.9. The molecule has 4 rings (SSSR count). The predicted octanol–water partition coefficient (Wildman–Crippen LogP) is 3.87. The van der Waals surface area contributed by atoms with Crippen molar-refractivity contribution >= 4 is 16.6 Å². The van der Waals surface area contributed by atoms with E-state index in [-0.39, 0.29) is 17.7 Å². The molecule has 180 valence electrons. The Labute approximate surface area is 201 Å². The van der Waals surface area contributed by atoms with Gasteiger partial charge in [-0.05, 0) is 60.4 Å². The molecule has 34 heavy (non-hydrogen) atoms. The zero-order chi connectivity index (χ0) is 24.5. The van der Waals surface area contributed by atoms with Gasteiger partial charge < -0.3 is 14.9 Å². The zero-order valence-electron chi connectivity index (χ0n) is 19.5. The van der Waals surface area contributed by atoms with Crippen molar-refractivity contribution in [3.05, 3.63) is 88.3 Å². The lowest BCUT2D eigenvalue weighted by Crippen LogP contribution is -2.34. The van der Waals surface area contributed by atoms with Gasteiger partial charge >= 0.3 is 0 Å². The summed E-state index contributed by atoms with van der Waals surface area (Å²) in [5.41, 5.74) is 1.90. The summed E-state index contributed by atoms with van der Waals surface area (Å²) in [7, 11) is -2.50. The molecule has 2 N–H and O–H groups in total. The van der Waals surface area contributed by atoms with Crippen LogP contribution >= 0.6 is 0 Å². The van der Waals surface area contributed by atoms with Crippen LogP contribution in [0.4, 0.5) is 0 Å². The number of aromatic nitrogens is 1. The van der Waals surface area contributed by atoms with Gasteiger partial charge in [-0.1, -0.05) is 55.4 Å². The summed E-state index contributed by atoms with van der Waals surface area (Å²) in [5.74, 6) is 0.442. The number of carbonyl (C=O) groups is 1. The van der Waals surface area contributed by atoms with E-state index in [0.29, 0.717) is 29.1 Å². The standard InChI is InChI=1S/C26H30N2O5S/c1-16(2)26(30,23-14-17(3)33-28-23)22-12-10-21(11-13-22)25(29)27-15-18-4-6-19(7-5-18)24(34(31)32)20-8-9-20/h4-7,10-14,16,20,24,30,34H,8-9,15H2,1-3H3,(H,27,29). The maximum Gasteiger partial charge on any atom is 0.251 e. The Bertz CT molecular complexity index is 1220. The van der Waals surface area contributed by atoms with E-state index in [2.05, 4.69) is 10.5 Å². The Morgan fingerprint density at radius 3 is 2.29 bits per heavy atom. The highest BCUT2D eigenvalue weighted by Gasteiger charge is 2.38. The number of aliphatic hydroxyl groups is 1. The molecule has 1 amide bonds. The first kappa shape index (κ1) is 24.2. The van der Waals surface area contributed by atoms with Crippen molar-refractivity contribution < 1.29 is 22.8 Å². The Hall–Kier alpha value is -2.97. The summed E-state index contributed by atoms with van der Waals surface area (Å²) in [4.78, 5) is 12.7. The van der Waals surface area contributed by atoms with Crippen molar-refractivity contribution in [3.63, 3.8) is 0 Å². The number of carbonyl (C=O) groups excluding carboxylic acids is 1. The molecule has 2 aromatic carbocycles. The summed E-state index contributed by atoms with van der Waals surface area (Å²) < 4.78 is 28.4. The van der Waals surface area contributed by atoms with Crippen molar-refractivity contribution in [3.8, 4) is 0 Å². The van der Waals surface area contributed by atoms with Crippen LogP contribution in [0.5, 0.6) is 0 Å². The molecular formula is C26H30N2O5S. The third kappa shape index (κ3) is 4.93. The molecule has 0 bridgehead atoms. The minimum absolute atomic E-state index is 0.168. The highest BCUT2D eigenvalue weighted by atomic mass is 32.2. The number of aryl methyl sites for hydroxylation is 1. The predicted molar refractivity (Wildman–Crippen MR) is 129 cm³/mol. The molecule has 3 aromatic rings. The molecule has 1 aliphatic carbocycles. The summed E-state index contributed by atoms with van der Waals surface area (Å²) in [6.07, 6.45) is 1.91. The van der Waals surface area contributed by atoms with Crippen LogP contribution in [0.1, 0.15) is 70.4 Å². The first-order valence-electron chi connectivity index (χ1n) is 11.5. The van der Waals surface area contributed by atoms with Crippen LogP contribution in [0.3, 0.4) is 0 Å². The van der Waals surface area contributed by atoms with Crippen molar-refractivity contribution in [1.29, 1.82) is 0 Å². The van der Waals surface area contributed by atoms with Gasteiger partial charge in [-0.25, -0.2) is 8.42 Å². The van der Waals surface area contributed by atoms with E-state index >= 15 is 0 Å². The molecule has 2 atom stereocenters. The molecule has 0 saturated heterocycles. The van der Waals surface area contributed by atoms with Gasteiger partial charge in [-0.2, -0.15) is 0 Å². The second-order valence-electron chi connectivity index (χ2n) is 9.31. The largest absolute Gasteiger partial charge is 0.378 e. The second-order valence-corrected chi connectivity index (χ2v) is 10.4. The Morgan fingerprint density at radius 1 is 1.15 bits per heavy atom. The Balaban J connectivity index is 1.42. The third-order valence-corrected chi connectivity index (χ3v) is 7.69. The number of amides is 1. The summed E-state index contributed by atoms with van der Waals surface area (Å²) in [6.45, 7) is 5.90. The van der Waals surface area contributed by atoms with Gasteiger partial charge in [0.15, 0.2) is 0 Å². The number of benzene rings is 2. The van der Waals surface area contributed by atoms with Crippen molar-refractivity contribution in [1.82, 2.24) is 10.5 Å². The maximum absolute atomic E-state index is 12.7. The van der Waals surface area contributed by atoms with Gasteiger partial charge in [-0.3, -0.25) is 4.79 Å². The molecule has 1 heterocycles. The molecule has 8 heteroatoms. The van der Waals surface area contributed by atoms with Crippen molar-refractivity contribution in [2.45, 2.75) is 51.0 Å². The lowest BCUT2D eigenvalue weighted by molar-refractivity contribution is 0.0246. The van der Waals surface area contributed by atoms with E-state index in [4.69, 9.17) is 4.52 Å². The maximum atomic E-state index is 12.7. The van der Waals surface area contributed by atoms with E-state index in [1.165, 1.54) is 0 Å². The second kappa shape index (κ2) is 9.72. The number of nitrogens with one attached hydrogen (secondary N) is 1. The van der Waals surface area contributed by atoms with Crippen LogP contribution in [0, 0.1) is 18.8 Å². The topological polar surface area (TPSA) is 110 Å². The van der Waals surface area contributed by atoms with Gasteiger partial charge in [0.25, 0.3) is 5.91 Å². The van der Waals surface area contributed by atoms with Gasteiger partial charge in [0.1, 0.15) is 27.8 Å². The number of hydrogen-bond donors (Lipinski definition) is 3. The molecule has 0 aliphatic heterocycles. The molecule has 1 saturated carbocycles. The van der Waals surface area contributed by atoms with Crippen LogP contribution in [0.2, 0.25) is 0 Å². The molecule has 1 fully saturated rings. The SMILES string of the molecule is Cc1cc(C(O)(c2ccc(C(=O)NCc3ccc(C(C4CC4)[SH](=O)=O)cc3)cc2)C(C)C)no1. The summed E-state index contributed by atoms with van der Waals surface area (Å²) >= 11 is 0. The average Bonchev–Trinajstić information content (AvgIpc) is 3.55. The Morgan fingerprint density at radius 2 is 1.79 bits per heavy atom. The molecule has 1 aromatic heterocycles. The fraction of sp³-hybridized carbons (Fsp3) is 0.385. The number of rotatable bonds is 9. The molecular weight excluding hydrogens is 452 g/mol. The zero-order valence-corrected chi connectivity index (χ0v) is 20.4. The minimum Gasteiger partial charge on any atom is -0.378 e. The smallest absolute Gasteiger partial charge is 0.251 e. The van der Waals surface area contributed by atoms with Gasteiger partial charge in [0, 0.05) is 18.2 Å². The fourth-order valence-electron chi connectivity index (χ4n) is 4.29. The van der Waals surface area contributed by atoms with E-state index in [9.17, 15) is 18.3 Å². The fourth-order valence-corrected chi connectivity index (χ4v) is 5.35. The molecule has 0 radical (unpaired) electrons. The van der Waals surface area contributed by atoms with Gasteiger partial charge in [-0.15, -0.1) is 0 Å². The summed E-state index contributed by atoms with van der Waals surface area (Å²) in [5, 5.41) is 17.9. The third-order valence-electron chi connectivity index (χ3n) is 6.51. The highest BCUT2D eigenvalue weighted by molar-refractivity contribution is 7.72. The molecule has 1 aliphatic rings. The van der Waals surface area contributed by atoms with Crippen LogP contribution < -0.4 is 5.32 Å². The number of hydrogen-bond acceptors (Lipinski definition) is 6. The Kier molecular flexibility index (Phi) is 6.91. The van der Waals surface area contributed by atoms with E-state index < -0.39 is 21.6 Å². The average molecular weight is 483 g/mol. The molecule has 2 unspecified atom stereocenters. The lowest BCUT2D eigenvalue weighted by atomic mass is 9.80. The van der Waals surface area contributed by atoms with Crippen LogP contribution in [-0.2, 0) is 22.8 Å². The molecule has 7 nitrogen and oxygen atoms in total. The number of nitrogens with zero attached hydrogens (tertiary/aromatic N) is 1. The normalized spacial score (nSPS) is 16.4. The van der Waals surface area contributed by atoms with Gasteiger partial charge in [0.05, 0.1) is 5.25 Å². The van der Waals surface area contributed by atoms with Gasteiger partial charge in [0.2, 0.25) is 0 Å². The number of thiol groups is 1. The first-order valence-corrected chi connectivity index (χ1v) is 12.7. The van der Waals surface area contributed by atoms with E-state index in [0.717, 1.165) is 24.0 Å². The van der Waals surface area contributed by atoms with Crippen LogP contribution in [0.25, 0.3) is 0 Å². The molecule has 0 spiro atoms. The lowest BCUT2D eigenvalue weighted by Gasteiger charge is -2.30. The van der Waals surface area contributed by atoms with E-state index in [1.54, 1.807) is 37.3 Å².